The van der Waals surface area contributed by atoms with Crippen LogP contribution < -0.4 is 5.32 Å². The predicted octanol–water partition coefficient (Wildman–Crippen LogP) is 3.41. The topological polar surface area (TPSA) is 79.3 Å². The molecule has 1 amide bonds. The van der Waals surface area contributed by atoms with Crippen molar-refractivity contribution in [3.8, 4) is 0 Å². The van der Waals surface area contributed by atoms with Crippen LogP contribution in [0.3, 0.4) is 0 Å². The Morgan fingerprint density at radius 1 is 1.26 bits per heavy atom. The third-order valence-corrected chi connectivity index (χ3v) is 5.80. The van der Waals surface area contributed by atoms with Gasteiger partial charge < -0.3 is 10.4 Å². The van der Waals surface area contributed by atoms with E-state index in [1.165, 1.54) is 11.3 Å². The number of carbonyl (C=O) groups is 2. The van der Waals surface area contributed by atoms with Gasteiger partial charge in [0.15, 0.2) is 5.13 Å². The van der Waals surface area contributed by atoms with E-state index in [9.17, 15) is 14.7 Å². The maximum Gasteiger partial charge on any atom is 0.307 e. The molecule has 1 saturated carbocycles. The van der Waals surface area contributed by atoms with Gasteiger partial charge in [-0.25, -0.2) is 4.98 Å². The molecule has 4 rings (SSSR count). The van der Waals surface area contributed by atoms with Gasteiger partial charge in [0.1, 0.15) is 0 Å². The van der Waals surface area contributed by atoms with Crippen LogP contribution in [0.1, 0.15) is 6.42 Å². The van der Waals surface area contributed by atoms with Crippen molar-refractivity contribution in [2.24, 2.45) is 23.7 Å². The van der Waals surface area contributed by atoms with Crippen molar-refractivity contribution in [1.29, 1.82) is 0 Å². The molecule has 0 saturated heterocycles. The molecule has 0 aliphatic heterocycles. The normalized spacial score (nSPS) is 28.4. The minimum absolute atomic E-state index is 0.00456. The van der Waals surface area contributed by atoms with E-state index in [-0.39, 0.29) is 17.7 Å². The number of nitrogens with one attached hydrogen (secondary N) is 1. The fourth-order valence-electron chi connectivity index (χ4n) is 3.66. The number of rotatable bonds is 3. The second-order valence-corrected chi connectivity index (χ2v) is 7.43. The summed E-state index contributed by atoms with van der Waals surface area (Å²) >= 11 is 7.29. The number of halogens is 1. The van der Waals surface area contributed by atoms with Crippen LogP contribution >= 0.6 is 22.9 Å². The summed E-state index contributed by atoms with van der Waals surface area (Å²) in [5, 5.41) is 13.3. The Morgan fingerprint density at radius 3 is 2.74 bits per heavy atom. The van der Waals surface area contributed by atoms with Crippen molar-refractivity contribution in [2.45, 2.75) is 6.42 Å². The zero-order valence-corrected chi connectivity index (χ0v) is 13.5. The van der Waals surface area contributed by atoms with E-state index < -0.39 is 17.8 Å². The van der Waals surface area contributed by atoms with Crippen molar-refractivity contribution in [3.63, 3.8) is 0 Å². The highest BCUT2D eigenvalue weighted by atomic mass is 35.5. The second kappa shape index (κ2) is 5.32. The van der Waals surface area contributed by atoms with Crippen LogP contribution in [0.25, 0.3) is 10.2 Å². The van der Waals surface area contributed by atoms with Gasteiger partial charge in [-0.15, -0.1) is 0 Å². The number of carboxylic acid groups (broad SMARTS) is 1. The molecule has 2 aromatic rings. The van der Waals surface area contributed by atoms with Gasteiger partial charge in [-0.05, 0) is 36.5 Å². The quantitative estimate of drug-likeness (QED) is 0.833. The van der Waals surface area contributed by atoms with Crippen LogP contribution in [0.15, 0.2) is 30.4 Å². The molecule has 0 radical (unpaired) electrons. The molecule has 5 nitrogen and oxygen atoms in total. The van der Waals surface area contributed by atoms with Crippen LogP contribution in [-0.4, -0.2) is 22.0 Å². The molecule has 1 fully saturated rings. The van der Waals surface area contributed by atoms with Gasteiger partial charge >= 0.3 is 5.97 Å². The summed E-state index contributed by atoms with van der Waals surface area (Å²) in [6.07, 6.45) is 4.63. The molecular weight excluding hydrogens is 336 g/mol. The summed E-state index contributed by atoms with van der Waals surface area (Å²) in [4.78, 5) is 28.5. The Labute approximate surface area is 141 Å². The first kappa shape index (κ1) is 14.7. The van der Waals surface area contributed by atoms with Crippen molar-refractivity contribution >= 4 is 50.2 Å². The number of allylic oxidation sites excluding steroid dienone is 2. The van der Waals surface area contributed by atoms with E-state index in [2.05, 4.69) is 10.3 Å². The molecule has 1 aromatic heterocycles. The fourth-order valence-corrected chi connectivity index (χ4v) is 4.80. The number of aliphatic carboxylic acids is 1. The van der Waals surface area contributed by atoms with Gasteiger partial charge in [0.25, 0.3) is 0 Å². The zero-order valence-electron chi connectivity index (χ0n) is 11.9. The summed E-state index contributed by atoms with van der Waals surface area (Å²) in [7, 11) is 0. The fraction of sp³-hybridized carbons (Fsp3) is 0.312. The Morgan fingerprint density at radius 2 is 2.00 bits per heavy atom. The van der Waals surface area contributed by atoms with E-state index in [0.717, 1.165) is 16.6 Å². The second-order valence-electron chi connectivity index (χ2n) is 5.96. The maximum absolute atomic E-state index is 12.6. The molecule has 23 heavy (non-hydrogen) atoms. The van der Waals surface area contributed by atoms with Gasteiger partial charge in [0.2, 0.25) is 5.91 Å². The Kier molecular flexibility index (Phi) is 3.39. The van der Waals surface area contributed by atoms with Crippen LogP contribution in [0.5, 0.6) is 0 Å². The van der Waals surface area contributed by atoms with Crippen LogP contribution in [0.2, 0.25) is 5.02 Å². The zero-order chi connectivity index (χ0) is 16.1. The standard InChI is InChI=1S/C16H13ClN2O3S/c17-9-3-4-10-11(6-9)23-16(18-10)19-14(20)12-7-1-2-8(5-7)13(12)15(21)22/h1-4,6-8,12-13H,5H2,(H,21,22)(H,18,19,20)/t7-,8+,12-,13+/m0/s1. The maximum atomic E-state index is 12.6. The molecule has 0 spiro atoms. The molecule has 4 atom stereocenters. The predicted molar refractivity (Wildman–Crippen MR) is 88.6 cm³/mol. The number of carboxylic acids is 1. The lowest BCUT2D eigenvalue weighted by Crippen LogP contribution is -2.36. The Bertz CT molecular complexity index is 847. The number of thiazole rings is 1. The summed E-state index contributed by atoms with van der Waals surface area (Å²) in [6.45, 7) is 0. The highest BCUT2D eigenvalue weighted by Gasteiger charge is 2.51. The lowest BCUT2D eigenvalue weighted by molar-refractivity contribution is -0.146. The van der Waals surface area contributed by atoms with Gasteiger partial charge in [-0.3, -0.25) is 9.59 Å². The molecule has 1 heterocycles. The lowest BCUT2D eigenvalue weighted by Gasteiger charge is -2.23. The van der Waals surface area contributed by atoms with Crippen LogP contribution in [0.4, 0.5) is 5.13 Å². The van der Waals surface area contributed by atoms with E-state index in [1.807, 2.05) is 12.2 Å². The number of hydrogen-bond acceptors (Lipinski definition) is 4. The van der Waals surface area contributed by atoms with Gasteiger partial charge in [-0.1, -0.05) is 35.1 Å². The first-order valence-electron chi connectivity index (χ1n) is 7.31. The largest absolute Gasteiger partial charge is 0.481 e. The van der Waals surface area contributed by atoms with Crippen LogP contribution in [-0.2, 0) is 9.59 Å². The van der Waals surface area contributed by atoms with Gasteiger partial charge in [0.05, 0.1) is 22.1 Å². The third-order valence-electron chi connectivity index (χ3n) is 4.63. The SMILES string of the molecule is O=C(Nc1nc2ccc(Cl)cc2s1)[C@@H]1[C@H](C(=O)O)[C@@H]2C=C[C@H]1C2. The molecule has 2 N–H and O–H groups in total. The number of carbonyl (C=O) groups excluding carboxylic acids is 1. The third kappa shape index (κ3) is 2.42. The van der Waals surface area contributed by atoms with Crippen molar-refractivity contribution in [2.75, 3.05) is 5.32 Å². The molecular formula is C16H13ClN2O3S. The summed E-state index contributed by atoms with van der Waals surface area (Å²) in [6, 6.07) is 5.34. The Balaban J connectivity index is 1.59. The molecule has 2 bridgehead atoms. The average molecular weight is 349 g/mol. The molecule has 7 heteroatoms. The number of fused-ring (bicyclic) bond motifs is 3. The highest BCUT2D eigenvalue weighted by Crippen LogP contribution is 2.48. The van der Waals surface area contributed by atoms with Gasteiger partial charge in [-0.2, -0.15) is 0 Å². The molecule has 2 aliphatic carbocycles. The number of hydrogen-bond donors (Lipinski definition) is 2. The van der Waals surface area contributed by atoms with Crippen LogP contribution in [0, 0.1) is 23.7 Å². The summed E-state index contributed by atoms with van der Waals surface area (Å²) in [5.41, 5.74) is 0.761. The summed E-state index contributed by atoms with van der Waals surface area (Å²) in [5.74, 6) is -2.38. The summed E-state index contributed by atoms with van der Waals surface area (Å²) < 4.78 is 0.885. The number of amides is 1. The lowest BCUT2D eigenvalue weighted by atomic mass is 9.82. The number of anilines is 1. The molecule has 2 aliphatic rings. The molecule has 1 aromatic carbocycles. The monoisotopic (exact) mass is 348 g/mol. The highest BCUT2D eigenvalue weighted by molar-refractivity contribution is 7.22. The smallest absolute Gasteiger partial charge is 0.307 e. The Hall–Kier alpha value is -1.92. The van der Waals surface area contributed by atoms with E-state index >= 15 is 0 Å². The first-order chi connectivity index (χ1) is 11.0. The molecule has 118 valence electrons. The van der Waals surface area contributed by atoms with E-state index in [0.29, 0.717) is 10.2 Å². The minimum Gasteiger partial charge on any atom is -0.481 e. The van der Waals surface area contributed by atoms with Crippen molar-refractivity contribution in [1.82, 2.24) is 4.98 Å². The van der Waals surface area contributed by atoms with Gasteiger partial charge in [0, 0.05) is 5.02 Å². The number of benzene rings is 1. The number of nitrogens with zero attached hydrogens (tertiary/aromatic N) is 1. The number of aromatic nitrogens is 1. The first-order valence-corrected chi connectivity index (χ1v) is 8.50. The van der Waals surface area contributed by atoms with E-state index in [1.54, 1.807) is 18.2 Å². The van der Waals surface area contributed by atoms with Crippen molar-refractivity contribution < 1.29 is 14.7 Å². The average Bonchev–Trinajstić information content (AvgIpc) is 3.18. The molecule has 0 unspecified atom stereocenters. The van der Waals surface area contributed by atoms with E-state index in [4.69, 9.17) is 11.6 Å². The minimum atomic E-state index is -0.905. The van der Waals surface area contributed by atoms with Crippen molar-refractivity contribution in [3.05, 3.63) is 35.4 Å².